The number of rotatable bonds is 7. The van der Waals surface area contributed by atoms with Crippen molar-refractivity contribution in [3.63, 3.8) is 0 Å². The van der Waals surface area contributed by atoms with Crippen LogP contribution in [0.15, 0.2) is 47.0 Å². The molecule has 2 aromatic carbocycles. The maximum atomic E-state index is 13.2. The maximum Gasteiger partial charge on any atom is 0.335 e. The number of hydrogen-bond donors (Lipinski definition) is 2. The fourth-order valence-corrected chi connectivity index (χ4v) is 7.84. The number of urea groups is 1. The Morgan fingerprint density at radius 3 is 2.27 bits per heavy atom. The van der Waals surface area contributed by atoms with E-state index in [1.807, 2.05) is 23.1 Å². The Balaban J connectivity index is 0.983. The summed E-state index contributed by atoms with van der Waals surface area (Å²) in [6.45, 7) is 0.412. The number of fused-ring (bicyclic) bond motifs is 2. The predicted octanol–water partition coefficient (Wildman–Crippen LogP) is 7.75. The van der Waals surface area contributed by atoms with Crippen LogP contribution in [0.25, 0.3) is 11.3 Å². The maximum absolute atomic E-state index is 13.2. The second-order valence-electron chi connectivity index (χ2n) is 12.1. The summed E-state index contributed by atoms with van der Waals surface area (Å²) in [5.41, 5.74) is 3.32. The molecule has 2 atom stereocenters. The zero-order valence-corrected chi connectivity index (χ0v) is 24.0. The molecule has 4 fully saturated rings. The molecule has 7 rings (SSSR count). The molecule has 2 bridgehead atoms. The SMILES string of the molecule is O=C(O)c1ccc(NC(=O)N2C3CCC2CC2(CC(OCc4c(-c5c(Cl)cccc5Cl)noc4C4CC4)C2)C3)cc1. The number of nitrogens with zero attached hydrogens (tertiary/aromatic N) is 2. The molecular weight excluding hydrogens is 565 g/mol. The second kappa shape index (κ2) is 10.3. The lowest BCUT2D eigenvalue weighted by atomic mass is 9.59. The highest BCUT2D eigenvalue weighted by molar-refractivity contribution is 6.39. The topological polar surface area (TPSA) is 105 Å². The molecule has 2 amide bonds. The van der Waals surface area contributed by atoms with E-state index in [0.29, 0.717) is 39.5 Å². The molecule has 2 unspecified atom stereocenters. The van der Waals surface area contributed by atoms with Crippen LogP contribution in [0.1, 0.15) is 79.0 Å². The standard InChI is InChI=1S/C31H31Cl2N3O5/c32-24-2-1-3-25(33)26(24)27-23(28(41-35-27)17-4-5-17)16-40-22-14-31(15-22)12-20-10-11-21(13-31)36(20)30(39)34-19-8-6-18(7-9-19)29(37)38/h1-3,6-9,17,20-22H,4-5,10-16H2,(H,34,39)(H,37,38). The van der Waals surface area contributed by atoms with Crippen molar-refractivity contribution in [2.75, 3.05) is 5.32 Å². The molecule has 41 heavy (non-hydrogen) atoms. The summed E-state index contributed by atoms with van der Waals surface area (Å²) in [6.07, 6.45) is 8.28. The number of carboxylic acid groups (broad SMARTS) is 1. The number of halogens is 2. The van der Waals surface area contributed by atoms with Crippen LogP contribution in [-0.2, 0) is 11.3 Å². The van der Waals surface area contributed by atoms with Gasteiger partial charge in [0.15, 0.2) is 0 Å². The summed E-state index contributed by atoms with van der Waals surface area (Å²) in [5, 5.41) is 17.5. The van der Waals surface area contributed by atoms with Crippen LogP contribution in [0.4, 0.5) is 10.5 Å². The van der Waals surface area contributed by atoms with Gasteiger partial charge in [-0.15, -0.1) is 0 Å². The lowest BCUT2D eigenvalue weighted by Gasteiger charge is -2.54. The van der Waals surface area contributed by atoms with Gasteiger partial charge in [-0.05, 0) is 93.2 Å². The van der Waals surface area contributed by atoms with Crippen LogP contribution in [-0.4, -0.2) is 45.4 Å². The van der Waals surface area contributed by atoms with Crippen molar-refractivity contribution >= 4 is 40.9 Å². The van der Waals surface area contributed by atoms with E-state index < -0.39 is 5.97 Å². The Labute approximate surface area is 247 Å². The molecule has 0 radical (unpaired) electrons. The molecule has 2 N–H and O–H groups in total. The predicted molar refractivity (Wildman–Crippen MR) is 154 cm³/mol. The zero-order chi connectivity index (χ0) is 28.3. The van der Waals surface area contributed by atoms with Crippen LogP contribution < -0.4 is 5.32 Å². The minimum Gasteiger partial charge on any atom is -0.478 e. The van der Waals surface area contributed by atoms with Gasteiger partial charge in [-0.1, -0.05) is 34.4 Å². The fourth-order valence-electron chi connectivity index (χ4n) is 7.27. The number of carbonyl (C=O) groups is 2. The molecule has 2 saturated carbocycles. The van der Waals surface area contributed by atoms with Crippen molar-refractivity contribution in [1.82, 2.24) is 10.1 Å². The van der Waals surface area contributed by atoms with Gasteiger partial charge >= 0.3 is 12.0 Å². The molecule has 10 heteroatoms. The second-order valence-corrected chi connectivity index (χ2v) is 12.9. The monoisotopic (exact) mass is 595 g/mol. The summed E-state index contributed by atoms with van der Waals surface area (Å²) in [5.74, 6) is 0.283. The van der Waals surface area contributed by atoms with E-state index in [1.165, 1.54) is 12.1 Å². The molecule has 1 spiro atoms. The van der Waals surface area contributed by atoms with E-state index in [4.69, 9.17) is 37.6 Å². The summed E-state index contributed by atoms with van der Waals surface area (Å²) < 4.78 is 12.3. The number of benzene rings is 2. The largest absolute Gasteiger partial charge is 0.478 e. The third kappa shape index (κ3) is 5.00. The van der Waals surface area contributed by atoms with E-state index in [-0.39, 0.29) is 35.2 Å². The van der Waals surface area contributed by atoms with Gasteiger partial charge in [0.1, 0.15) is 11.5 Å². The lowest BCUT2D eigenvalue weighted by Crippen LogP contribution is -2.56. The third-order valence-electron chi connectivity index (χ3n) is 9.33. The number of amides is 2. The van der Waals surface area contributed by atoms with Gasteiger partial charge in [0, 0.05) is 34.8 Å². The first-order chi connectivity index (χ1) is 19.8. The number of ether oxygens (including phenoxy) is 1. The lowest BCUT2D eigenvalue weighted by molar-refractivity contribution is -0.118. The highest BCUT2D eigenvalue weighted by Crippen LogP contribution is 2.57. The Hall–Kier alpha value is -3.07. The van der Waals surface area contributed by atoms with Gasteiger partial charge in [-0.25, -0.2) is 9.59 Å². The summed E-state index contributed by atoms with van der Waals surface area (Å²) in [7, 11) is 0. The minimum absolute atomic E-state index is 0.103. The van der Waals surface area contributed by atoms with Crippen LogP contribution in [0.3, 0.4) is 0 Å². The van der Waals surface area contributed by atoms with E-state index in [9.17, 15) is 9.59 Å². The number of aromatic carboxylic acids is 1. The number of nitrogens with one attached hydrogen (secondary N) is 1. The fraction of sp³-hybridized carbons (Fsp3) is 0.452. The number of carbonyl (C=O) groups excluding carboxylic acids is 1. The van der Waals surface area contributed by atoms with Gasteiger partial charge in [-0.2, -0.15) is 0 Å². The number of carboxylic acids is 1. The number of aromatic nitrogens is 1. The van der Waals surface area contributed by atoms with Crippen LogP contribution in [0.2, 0.25) is 10.0 Å². The smallest absolute Gasteiger partial charge is 0.335 e. The molecule has 4 aliphatic rings. The zero-order valence-electron chi connectivity index (χ0n) is 22.4. The average molecular weight is 597 g/mol. The van der Waals surface area contributed by atoms with Crippen molar-refractivity contribution in [2.24, 2.45) is 5.41 Å². The van der Waals surface area contributed by atoms with Crippen molar-refractivity contribution in [1.29, 1.82) is 0 Å². The van der Waals surface area contributed by atoms with Crippen LogP contribution in [0.5, 0.6) is 0 Å². The van der Waals surface area contributed by atoms with Crippen LogP contribution >= 0.6 is 23.2 Å². The highest BCUT2D eigenvalue weighted by atomic mass is 35.5. The van der Waals surface area contributed by atoms with Crippen molar-refractivity contribution in [2.45, 2.75) is 82.1 Å². The van der Waals surface area contributed by atoms with E-state index in [1.54, 1.807) is 12.1 Å². The Morgan fingerprint density at radius 2 is 1.66 bits per heavy atom. The summed E-state index contributed by atoms with van der Waals surface area (Å²) in [4.78, 5) is 26.3. The van der Waals surface area contributed by atoms with Gasteiger partial charge in [0.25, 0.3) is 0 Å². The van der Waals surface area contributed by atoms with E-state index in [0.717, 1.165) is 62.7 Å². The summed E-state index contributed by atoms with van der Waals surface area (Å²) in [6, 6.07) is 12.0. The Morgan fingerprint density at radius 1 is 1.00 bits per heavy atom. The van der Waals surface area contributed by atoms with Crippen molar-refractivity contribution in [3.8, 4) is 11.3 Å². The first-order valence-corrected chi connectivity index (χ1v) is 15.0. The van der Waals surface area contributed by atoms with Crippen LogP contribution in [0, 0.1) is 5.41 Å². The van der Waals surface area contributed by atoms with Crippen molar-refractivity contribution < 1.29 is 24.0 Å². The van der Waals surface area contributed by atoms with Gasteiger partial charge in [0.05, 0.1) is 28.3 Å². The number of hydrogen-bond acceptors (Lipinski definition) is 5. The summed E-state index contributed by atoms with van der Waals surface area (Å²) >= 11 is 13.0. The molecule has 3 heterocycles. The third-order valence-corrected chi connectivity index (χ3v) is 9.96. The highest BCUT2D eigenvalue weighted by Gasteiger charge is 2.55. The first kappa shape index (κ1) is 26.8. The average Bonchev–Trinajstić information content (AvgIpc) is 3.63. The minimum atomic E-state index is -0.986. The number of piperidine rings is 1. The molecular formula is C31H31Cl2N3O5. The van der Waals surface area contributed by atoms with Gasteiger partial charge in [0.2, 0.25) is 0 Å². The molecule has 1 aromatic heterocycles. The molecule has 2 aliphatic heterocycles. The Kier molecular flexibility index (Phi) is 6.75. The van der Waals surface area contributed by atoms with E-state index >= 15 is 0 Å². The van der Waals surface area contributed by atoms with Crippen molar-refractivity contribution in [3.05, 3.63) is 69.4 Å². The normalized spacial score (nSPS) is 26.7. The molecule has 8 nitrogen and oxygen atoms in total. The Bertz CT molecular complexity index is 1460. The molecule has 3 aromatic rings. The van der Waals surface area contributed by atoms with Gasteiger partial charge in [-0.3, -0.25) is 0 Å². The first-order valence-electron chi connectivity index (χ1n) is 14.3. The quantitative estimate of drug-likeness (QED) is 0.289. The molecule has 2 saturated heterocycles. The molecule has 2 aliphatic carbocycles. The molecule has 214 valence electrons. The van der Waals surface area contributed by atoms with E-state index in [2.05, 4.69) is 10.5 Å². The number of anilines is 1. The van der Waals surface area contributed by atoms with Gasteiger partial charge < -0.3 is 24.6 Å².